The summed E-state index contributed by atoms with van der Waals surface area (Å²) in [5.74, 6) is 0.345. The molecule has 32 heavy (non-hydrogen) atoms. The quantitative estimate of drug-likeness (QED) is 0.545. The van der Waals surface area contributed by atoms with Gasteiger partial charge >= 0.3 is 6.03 Å². The molecule has 0 saturated carbocycles. The van der Waals surface area contributed by atoms with E-state index in [0.29, 0.717) is 47.3 Å². The van der Waals surface area contributed by atoms with Crippen LogP contribution in [-0.4, -0.2) is 37.0 Å². The summed E-state index contributed by atoms with van der Waals surface area (Å²) in [4.78, 5) is 29.6. The first-order valence-corrected chi connectivity index (χ1v) is 10.8. The second-order valence-corrected chi connectivity index (χ2v) is 7.98. The molecule has 0 aliphatic carbocycles. The van der Waals surface area contributed by atoms with E-state index >= 15 is 0 Å². The number of carbonyl (C=O) groups is 2. The third kappa shape index (κ3) is 4.86. The number of hydrogen-bond donors (Lipinski definition) is 1. The Labute approximate surface area is 192 Å². The van der Waals surface area contributed by atoms with Gasteiger partial charge in [0.25, 0.3) is 5.91 Å². The Morgan fingerprint density at radius 1 is 1.03 bits per heavy atom. The maximum Gasteiger partial charge on any atom is 0.324 e. The molecule has 3 amide bonds. The van der Waals surface area contributed by atoms with Crippen LogP contribution in [0.4, 0.5) is 16.2 Å². The average molecular weight is 450 g/mol. The second kappa shape index (κ2) is 9.75. The molecule has 1 aliphatic heterocycles. The topological polar surface area (TPSA) is 61.9 Å². The van der Waals surface area contributed by atoms with Crippen molar-refractivity contribution in [2.75, 3.05) is 30.4 Å². The maximum absolute atomic E-state index is 13.4. The summed E-state index contributed by atoms with van der Waals surface area (Å²) in [6.45, 7) is 1.69. The van der Waals surface area contributed by atoms with Crippen LogP contribution in [0.15, 0.2) is 72.8 Å². The van der Waals surface area contributed by atoms with Gasteiger partial charge in [0.05, 0.1) is 18.5 Å². The molecule has 0 bridgehead atoms. The lowest BCUT2D eigenvalue weighted by Crippen LogP contribution is -2.49. The first-order chi connectivity index (χ1) is 15.5. The summed E-state index contributed by atoms with van der Waals surface area (Å²) in [5, 5.41) is 3.59. The Balaban J connectivity index is 1.60. The van der Waals surface area contributed by atoms with Gasteiger partial charge in [0.15, 0.2) is 0 Å². The maximum atomic E-state index is 13.4. The van der Waals surface area contributed by atoms with E-state index in [-0.39, 0.29) is 11.9 Å². The van der Waals surface area contributed by atoms with Crippen LogP contribution >= 0.6 is 11.6 Å². The SMILES string of the molecule is COc1ccc(N2CCCN(Cc3cccc(Cl)c3)C2=O)c(NC(=O)c2ccccc2)c1. The zero-order chi connectivity index (χ0) is 22.5. The van der Waals surface area contributed by atoms with Crippen molar-refractivity contribution in [1.29, 1.82) is 0 Å². The summed E-state index contributed by atoms with van der Waals surface area (Å²) in [5.41, 5.74) is 2.67. The van der Waals surface area contributed by atoms with Crippen LogP contribution < -0.4 is 15.0 Å². The van der Waals surface area contributed by atoms with Crippen molar-refractivity contribution in [3.05, 3.63) is 88.9 Å². The van der Waals surface area contributed by atoms with E-state index in [1.165, 1.54) is 0 Å². The third-order valence-corrected chi connectivity index (χ3v) is 5.59. The predicted molar refractivity (Wildman–Crippen MR) is 127 cm³/mol. The summed E-state index contributed by atoms with van der Waals surface area (Å²) in [7, 11) is 1.57. The molecule has 1 fully saturated rings. The van der Waals surface area contributed by atoms with Gasteiger partial charge in [0.2, 0.25) is 0 Å². The molecule has 7 heteroatoms. The van der Waals surface area contributed by atoms with Crippen molar-refractivity contribution in [2.24, 2.45) is 0 Å². The molecular formula is C25H24ClN3O3. The highest BCUT2D eigenvalue weighted by Crippen LogP contribution is 2.33. The number of anilines is 2. The van der Waals surface area contributed by atoms with E-state index in [1.54, 1.807) is 47.2 Å². The smallest absolute Gasteiger partial charge is 0.324 e. The third-order valence-electron chi connectivity index (χ3n) is 5.35. The highest BCUT2D eigenvalue weighted by molar-refractivity contribution is 6.30. The van der Waals surface area contributed by atoms with Gasteiger partial charge in [-0.15, -0.1) is 0 Å². The first-order valence-electron chi connectivity index (χ1n) is 10.4. The first kappa shape index (κ1) is 21.7. The van der Waals surface area contributed by atoms with Gasteiger partial charge in [-0.1, -0.05) is 41.9 Å². The van der Waals surface area contributed by atoms with Crippen molar-refractivity contribution < 1.29 is 14.3 Å². The molecule has 164 valence electrons. The molecule has 6 nitrogen and oxygen atoms in total. The summed E-state index contributed by atoms with van der Waals surface area (Å²) in [6.07, 6.45) is 0.810. The van der Waals surface area contributed by atoms with E-state index < -0.39 is 0 Å². The lowest BCUT2D eigenvalue weighted by Gasteiger charge is -2.36. The molecule has 0 spiro atoms. The van der Waals surface area contributed by atoms with Crippen LogP contribution in [0, 0.1) is 0 Å². The number of methoxy groups -OCH3 is 1. The van der Waals surface area contributed by atoms with Crippen molar-refractivity contribution in [3.8, 4) is 5.75 Å². The fourth-order valence-corrected chi connectivity index (χ4v) is 3.98. The number of amides is 3. The van der Waals surface area contributed by atoms with E-state index in [1.807, 2.05) is 42.5 Å². The molecule has 3 aromatic rings. The number of halogens is 1. The minimum Gasteiger partial charge on any atom is -0.497 e. The minimum absolute atomic E-state index is 0.114. The van der Waals surface area contributed by atoms with Gasteiger partial charge in [0.1, 0.15) is 5.75 Å². The zero-order valence-electron chi connectivity index (χ0n) is 17.8. The van der Waals surface area contributed by atoms with Crippen molar-refractivity contribution in [2.45, 2.75) is 13.0 Å². The van der Waals surface area contributed by atoms with Crippen LogP contribution in [0.5, 0.6) is 5.75 Å². The fourth-order valence-electron chi connectivity index (χ4n) is 3.77. The Bertz CT molecular complexity index is 1120. The largest absolute Gasteiger partial charge is 0.497 e. The average Bonchev–Trinajstić information content (AvgIpc) is 2.81. The van der Waals surface area contributed by atoms with Gasteiger partial charge < -0.3 is 15.0 Å². The van der Waals surface area contributed by atoms with Gasteiger partial charge in [-0.2, -0.15) is 0 Å². The molecule has 1 heterocycles. The van der Waals surface area contributed by atoms with Crippen LogP contribution in [0.25, 0.3) is 0 Å². The molecule has 1 aliphatic rings. The van der Waals surface area contributed by atoms with Gasteiger partial charge in [-0.25, -0.2) is 4.79 Å². The number of nitrogens with one attached hydrogen (secondary N) is 1. The molecular weight excluding hydrogens is 426 g/mol. The number of nitrogens with zero attached hydrogens (tertiary/aromatic N) is 2. The van der Waals surface area contributed by atoms with Crippen molar-refractivity contribution in [3.63, 3.8) is 0 Å². The van der Waals surface area contributed by atoms with E-state index in [2.05, 4.69) is 5.32 Å². The molecule has 0 radical (unpaired) electrons. The normalized spacial score (nSPS) is 13.8. The number of ether oxygens (including phenoxy) is 1. The number of rotatable bonds is 6. The molecule has 4 rings (SSSR count). The van der Waals surface area contributed by atoms with E-state index in [4.69, 9.17) is 16.3 Å². The second-order valence-electron chi connectivity index (χ2n) is 7.54. The molecule has 1 saturated heterocycles. The standard InChI is InChI=1S/C25H24ClN3O3/c1-32-21-11-12-23(22(16-21)27-24(30)19-8-3-2-4-9-19)29-14-6-13-28(25(29)31)17-18-7-5-10-20(26)15-18/h2-5,7-12,15-16H,6,13-14,17H2,1H3,(H,27,30). The highest BCUT2D eigenvalue weighted by Gasteiger charge is 2.29. The van der Waals surface area contributed by atoms with E-state index in [0.717, 1.165) is 12.0 Å². The lowest BCUT2D eigenvalue weighted by atomic mass is 10.1. The lowest BCUT2D eigenvalue weighted by molar-refractivity contribution is 0.102. The number of urea groups is 1. The monoisotopic (exact) mass is 449 g/mol. The van der Waals surface area contributed by atoms with Gasteiger partial charge in [-0.3, -0.25) is 9.69 Å². The van der Waals surface area contributed by atoms with Crippen molar-refractivity contribution in [1.82, 2.24) is 4.90 Å². The minimum atomic E-state index is -0.250. The summed E-state index contributed by atoms with van der Waals surface area (Å²) < 4.78 is 5.34. The van der Waals surface area contributed by atoms with Crippen molar-refractivity contribution >= 4 is 34.9 Å². The van der Waals surface area contributed by atoms with Gasteiger partial charge in [0, 0.05) is 36.3 Å². The molecule has 0 unspecified atom stereocenters. The molecule has 0 atom stereocenters. The van der Waals surface area contributed by atoms with Crippen LogP contribution in [0.3, 0.4) is 0 Å². The summed E-state index contributed by atoms with van der Waals surface area (Å²) >= 11 is 6.11. The van der Waals surface area contributed by atoms with Gasteiger partial charge in [-0.05, 0) is 48.4 Å². The van der Waals surface area contributed by atoms with Crippen LogP contribution in [0.1, 0.15) is 22.3 Å². The zero-order valence-corrected chi connectivity index (χ0v) is 18.5. The molecule has 1 N–H and O–H groups in total. The fraction of sp³-hybridized carbons (Fsp3) is 0.200. The Kier molecular flexibility index (Phi) is 6.61. The highest BCUT2D eigenvalue weighted by atomic mass is 35.5. The number of benzene rings is 3. The number of hydrogen-bond acceptors (Lipinski definition) is 3. The Morgan fingerprint density at radius 2 is 1.84 bits per heavy atom. The van der Waals surface area contributed by atoms with E-state index in [9.17, 15) is 9.59 Å². The number of carbonyl (C=O) groups excluding carboxylic acids is 2. The predicted octanol–water partition coefficient (Wildman–Crippen LogP) is 5.43. The summed E-state index contributed by atoms with van der Waals surface area (Å²) in [6, 6.07) is 21.7. The Hall–Kier alpha value is -3.51. The molecule has 0 aromatic heterocycles. The van der Waals surface area contributed by atoms with Crippen LogP contribution in [0.2, 0.25) is 5.02 Å². The molecule has 3 aromatic carbocycles. The Morgan fingerprint density at radius 3 is 2.59 bits per heavy atom. The van der Waals surface area contributed by atoms with Crippen LogP contribution in [-0.2, 0) is 6.54 Å².